The lowest BCUT2D eigenvalue weighted by molar-refractivity contribution is -0.133. The van der Waals surface area contributed by atoms with Crippen molar-refractivity contribution in [3.63, 3.8) is 0 Å². The van der Waals surface area contributed by atoms with E-state index in [4.69, 9.17) is 0 Å². The summed E-state index contributed by atoms with van der Waals surface area (Å²) in [4.78, 5) is 16.4. The van der Waals surface area contributed by atoms with Gasteiger partial charge in [-0.3, -0.25) is 9.69 Å². The predicted octanol–water partition coefficient (Wildman–Crippen LogP) is 0.293. The van der Waals surface area contributed by atoms with Crippen LogP contribution >= 0.6 is 0 Å². The molecule has 16 heavy (non-hydrogen) atoms. The summed E-state index contributed by atoms with van der Waals surface area (Å²) in [6.07, 6.45) is 3.81. The maximum atomic E-state index is 12.1. The maximum Gasteiger partial charge on any atom is 0.236 e. The van der Waals surface area contributed by atoms with Crippen LogP contribution in [0, 0.1) is 0 Å². The Kier molecular flexibility index (Phi) is 4.18. The third-order valence-corrected chi connectivity index (χ3v) is 3.75. The van der Waals surface area contributed by atoms with Crippen molar-refractivity contribution in [3.05, 3.63) is 0 Å². The highest BCUT2D eigenvalue weighted by Gasteiger charge is 2.23. The molecule has 0 aromatic heterocycles. The molecule has 1 amide bonds. The Morgan fingerprint density at radius 1 is 1.25 bits per heavy atom. The fourth-order valence-electron chi connectivity index (χ4n) is 2.58. The van der Waals surface area contributed by atoms with Crippen LogP contribution < -0.4 is 5.32 Å². The lowest BCUT2D eigenvalue weighted by atomic mass is 10.0. The van der Waals surface area contributed by atoms with Gasteiger partial charge in [-0.1, -0.05) is 6.42 Å². The Hall–Kier alpha value is -0.610. The molecule has 1 atom stereocenters. The Labute approximate surface area is 98.0 Å². The van der Waals surface area contributed by atoms with E-state index in [9.17, 15) is 4.79 Å². The van der Waals surface area contributed by atoms with E-state index < -0.39 is 0 Å². The van der Waals surface area contributed by atoms with E-state index in [-0.39, 0.29) is 0 Å². The number of nitrogens with zero attached hydrogens (tertiary/aromatic N) is 2. The molecule has 0 bridgehead atoms. The van der Waals surface area contributed by atoms with E-state index in [1.165, 1.54) is 19.3 Å². The summed E-state index contributed by atoms with van der Waals surface area (Å²) in [7, 11) is 0. The lowest BCUT2D eigenvalue weighted by Crippen LogP contribution is -2.51. The molecule has 92 valence electrons. The zero-order valence-corrected chi connectivity index (χ0v) is 10.2. The second kappa shape index (κ2) is 5.64. The molecule has 0 saturated carbocycles. The molecule has 2 saturated heterocycles. The summed E-state index contributed by atoms with van der Waals surface area (Å²) in [6.45, 7) is 7.61. The van der Waals surface area contributed by atoms with Crippen molar-refractivity contribution in [3.8, 4) is 0 Å². The number of amides is 1. The van der Waals surface area contributed by atoms with Gasteiger partial charge in [0.25, 0.3) is 0 Å². The van der Waals surface area contributed by atoms with Gasteiger partial charge in [-0.25, -0.2) is 0 Å². The minimum atomic E-state index is 0.315. The molecule has 2 fully saturated rings. The first-order valence-corrected chi connectivity index (χ1v) is 6.50. The third-order valence-electron chi connectivity index (χ3n) is 3.75. The van der Waals surface area contributed by atoms with Crippen LogP contribution in [0.15, 0.2) is 0 Å². The van der Waals surface area contributed by atoms with Crippen molar-refractivity contribution in [1.82, 2.24) is 15.1 Å². The molecule has 0 aliphatic carbocycles. The molecule has 4 nitrogen and oxygen atoms in total. The average molecular weight is 225 g/mol. The smallest absolute Gasteiger partial charge is 0.236 e. The molecule has 4 heteroatoms. The molecule has 0 aromatic rings. The number of carbonyl (C=O) groups is 1. The normalized spacial score (nSPS) is 28.1. The third kappa shape index (κ3) is 2.95. The van der Waals surface area contributed by atoms with Crippen molar-refractivity contribution in [1.29, 1.82) is 0 Å². The van der Waals surface area contributed by atoms with Crippen molar-refractivity contribution < 1.29 is 4.79 Å². The molecule has 2 aliphatic heterocycles. The number of hydrogen-bond donors (Lipinski definition) is 1. The summed E-state index contributed by atoms with van der Waals surface area (Å²) < 4.78 is 0. The molecule has 2 heterocycles. The van der Waals surface area contributed by atoms with Crippen LogP contribution in [-0.4, -0.2) is 61.0 Å². The topological polar surface area (TPSA) is 35.6 Å². The number of rotatable bonds is 2. The molecular formula is C12H23N3O. The number of hydrogen-bond acceptors (Lipinski definition) is 3. The molecular weight excluding hydrogens is 202 g/mol. The number of piperazine rings is 1. The van der Waals surface area contributed by atoms with Crippen molar-refractivity contribution in [2.45, 2.75) is 32.2 Å². The minimum Gasteiger partial charge on any atom is -0.339 e. The van der Waals surface area contributed by atoms with Gasteiger partial charge in [0.1, 0.15) is 0 Å². The van der Waals surface area contributed by atoms with Gasteiger partial charge in [0.2, 0.25) is 5.91 Å². The molecule has 1 unspecified atom stereocenters. The highest BCUT2D eigenvalue weighted by atomic mass is 16.2. The van der Waals surface area contributed by atoms with Crippen LogP contribution in [0.2, 0.25) is 0 Å². The van der Waals surface area contributed by atoms with E-state index in [0.29, 0.717) is 18.5 Å². The van der Waals surface area contributed by atoms with E-state index in [2.05, 4.69) is 17.1 Å². The SMILES string of the molecule is CC1CCCCN1CC(=O)N1CCNCC1. The first-order valence-electron chi connectivity index (χ1n) is 6.50. The van der Waals surface area contributed by atoms with Crippen LogP contribution in [0.25, 0.3) is 0 Å². The first kappa shape index (κ1) is 11.9. The highest BCUT2D eigenvalue weighted by molar-refractivity contribution is 5.78. The number of likely N-dealkylation sites (tertiary alicyclic amines) is 1. The van der Waals surface area contributed by atoms with E-state index in [1.807, 2.05) is 4.90 Å². The number of nitrogens with one attached hydrogen (secondary N) is 1. The second-order valence-electron chi connectivity index (χ2n) is 4.95. The summed E-state index contributed by atoms with van der Waals surface area (Å²) in [6, 6.07) is 0.584. The van der Waals surface area contributed by atoms with Gasteiger partial charge in [0.05, 0.1) is 6.54 Å². The Morgan fingerprint density at radius 2 is 2.00 bits per heavy atom. The van der Waals surface area contributed by atoms with E-state index in [0.717, 1.165) is 32.7 Å². The molecule has 2 rings (SSSR count). The Balaban J connectivity index is 1.80. The second-order valence-corrected chi connectivity index (χ2v) is 4.95. The summed E-state index contributed by atoms with van der Waals surface area (Å²) in [5, 5.41) is 3.27. The van der Waals surface area contributed by atoms with Gasteiger partial charge < -0.3 is 10.2 Å². The predicted molar refractivity (Wildman–Crippen MR) is 64.3 cm³/mol. The van der Waals surface area contributed by atoms with Crippen LogP contribution in [0.4, 0.5) is 0 Å². The van der Waals surface area contributed by atoms with E-state index in [1.54, 1.807) is 0 Å². The van der Waals surface area contributed by atoms with E-state index >= 15 is 0 Å². The summed E-state index contributed by atoms with van der Waals surface area (Å²) in [5.74, 6) is 0.315. The zero-order valence-electron chi connectivity index (χ0n) is 10.2. The summed E-state index contributed by atoms with van der Waals surface area (Å²) in [5.41, 5.74) is 0. The Morgan fingerprint density at radius 3 is 2.69 bits per heavy atom. The fraction of sp³-hybridized carbons (Fsp3) is 0.917. The number of piperidine rings is 1. The van der Waals surface area contributed by atoms with Gasteiger partial charge in [-0.05, 0) is 26.3 Å². The zero-order chi connectivity index (χ0) is 11.4. The van der Waals surface area contributed by atoms with Gasteiger partial charge >= 0.3 is 0 Å². The molecule has 1 N–H and O–H groups in total. The summed E-state index contributed by atoms with van der Waals surface area (Å²) >= 11 is 0. The molecule has 0 aromatic carbocycles. The molecule has 0 radical (unpaired) electrons. The van der Waals surface area contributed by atoms with Gasteiger partial charge in [-0.15, -0.1) is 0 Å². The molecule has 2 aliphatic rings. The maximum absolute atomic E-state index is 12.1. The Bertz CT molecular complexity index is 238. The van der Waals surface area contributed by atoms with Crippen LogP contribution in [0.1, 0.15) is 26.2 Å². The molecule has 0 spiro atoms. The lowest BCUT2D eigenvalue weighted by Gasteiger charge is -2.35. The first-order chi connectivity index (χ1) is 7.77. The van der Waals surface area contributed by atoms with Gasteiger partial charge in [0.15, 0.2) is 0 Å². The van der Waals surface area contributed by atoms with Crippen LogP contribution in [0.5, 0.6) is 0 Å². The van der Waals surface area contributed by atoms with Crippen LogP contribution in [0.3, 0.4) is 0 Å². The average Bonchev–Trinajstić information content (AvgIpc) is 2.33. The minimum absolute atomic E-state index is 0.315. The largest absolute Gasteiger partial charge is 0.339 e. The monoisotopic (exact) mass is 225 g/mol. The van der Waals surface area contributed by atoms with Crippen molar-refractivity contribution >= 4 is 5.91 Å². The van der Waals surface area contributed by atoms with Gasteiger partial charge in [0, 0.05) is 32.2 Å². The highest BCUT2D eigenvalue weighted by Crippen LogP contribution is 2.16. The van der Waals surface area contributed by atoms with Crippen LogP contribution in [-0.2, 0) is 4.79 Å². The quantitative estimate of drug-likeness (QED) is 0.734. The number of carbonyl (C=O) groups excluding carboxylic acids is 1. The fourth-order valence-corrected chi connectivity index (χ4v) is 2.58. The standard InChI is InChI=1S/C12H23N3O/c1-11-4-2-3-7-15(11)10-12(16)14-8-5-13-6-9-14/h11,13H,2-10H2,1H3. The van der Waals surface area contributed by atoms with Crippen molar-refractivity contribution in [2.24, 2.45) is 0 Å². The van der Waals surface area contributed by atoms with Crippen molar-refractivity contribution in [2.75, 3.05) is 39.3 Å². The van der Waals surface area contributed by atoms with Gasteiger partial charge in [-0.2, -0.15) is 0 Å².